The van der Waals surface area contributed by atoms with Gasteiger partial charge in [-0.15, -0.1) is 0 Å². The van der Waals surface area contributed by atoms with Crippen LogP contribution < -0.4 is 4.74 Å². The molecule has 5 nitrogen and oxygen atoms in total. The van der Waals surface area contributed by atoms with Crippen LogP contribution in [0, 0.1) is 6.92 Å². The fourth-order valence-corrected chi connectivity index (χ4v) is 2.54. The van der Waals surface area contributed by atoms with Crippen LogP contribution in [-0.2, 0) is 11.4 Å². The van der Waals surface area contributed by atoms with Gasteiger partial charge in [0.15, 0.2) is 0 Å². The van der Waals surface area contributed by atoms with E-state index < -0.39 is 12.0 Å². The summed E-state index contributed by atoms with van der Waals surface area (Å²) in [5.74, 6) is -0.0746. The second kappa shape index (κ2) is 7.21. The van der Waals surface area contributed by atoms with Crippen molar-refractivity contribution in [3.63, 3.8) is 0 Å². The summed E-state index contributed by atoms with van der Waals surface area (Å²) in [4.78, 5) is 11.1. The van der Waals surface area contributed by atoms with Crippen LogP contribution in [0.25, 0.3) is 11.1 Å². The van der Waals surface area contributed by atoms with Crippen molar-refractivity contribution in [1.82, 2.24) is 9.78 Å². The molecule has 1 atom stereocenters. The minimum Gasteiger partial charge on any atom is -0.489 e. The van der Waals surface area contributed by atoms with Gasteiger partial charge in [-0.05, 0) is 42.7 Å². The molecular formula is C20H20N2O3. The SMILES string of the molecule is Cc1cc(-c2cnn(C(C)C(=O)O)c2)ccc1OCc1ccccc1. The van der Waals surface area contributed by atoms with Crippen LogP contribution in [-0.4, -0.2) is 20.9 Å². The number of aliphatic carboxylic acids is 1. The quantitative estimate of drug-likeness (QED) is 0.736. The van der Waals surface area contributed by atoms with E-state index >= 15 is 0 Å². The zero-order chi connectivity index (χ0) is 17.8. The minimum atomic E-state index is -0.907. The summed E-state index contributed by atoms with van der Waals surface area (Å²) >= 11 is 0. The molecule has 1 aromatic heterocycles. The Hall–Kier alpha value is -3.08. The lowest BCUT2D eigenvalue weighted by Gasteiger charge is -2.10. The van der Waals surface area contributed by atoms with Crippen molar-refractivity contribution in [3.05, 3.63) is 72.1 Å². The van der Waals surface area contributed by atoms with E-state index in [0.717, 1.165) is 28.0 Å². The maximum atomic E-state index is 11.1. The van der Waals surface area contributed by atoms with Crippen molar-refractivity contribution < 1.29 is 14.6 Å². The maximum Gasteiger partial charge on any atom is 0.328 e. The van der Waals surface area contributed by atoms with Crippen molar-refractivity contribution in [1.29, 1.82) is 0 Å². The molecule has 5 heteroatoms. The molecule has 3 aromatic rings. The van der Waals surface area contributed by atoms with E-state index in [1.54, 1.807) is 19.3 Å². The van der Waals surface area contributed by atoms with Gasteiger partial charge in [0.05, 0.1) is 6.20 Å². The zero-order valence-electron chi connectivity index (χ0n) is 14.2. The van der Waals surface area contributed by atoms with E-state index in [4.69, 9.17) is 9.84 Å². The molecule has 128 valence electrons. The van der Waals surface area contributed by atoms with Crippen molar-refractivity contribution in [2.24, 2.45) is 0 Å². The Balaban J connectivity index is 1.74. The second-order valence-corrected chi connectivity index (χ2v) is 5.98. The molecule has 1 heterocycles. The number of carbonyl (C=O) groups is 1. The van der Waals surface area contributed by atoms with Crippen LogP contribution in [0.5, 0.6) is 5.75 Å². The molecule has 2 aromatic carbocycles. The van der Waals surface area contributed by atoms with Gasteiger partial charge in [0.25, 0.3) is 0 Å². The number of hydrogen-bond acceptors (Lipinski definition) is 3. The Morgan fingerprint density at radius 3 is 2.64 bits per heavy atom. The third kappa shape index (κ3) is 3.88. The monoisotopic (exact) mass is 336 g/mol. The topological polar surface area (TPSA) is 64.4 Å². The Morgan fingerprint density at radius 2 is 1.96 bits per heavy atom. The average molecular weight is 336 g/mol. The number of rotatable bonds is 6. The maximum absolute atomic E-state index is 11.1. The smallest absolute Gasteiger partial charge is 0.328 e. The van der Waals surface area contributed by atoms with Gasteiger partial charge < -0.3 is 9.84 Å². The average Bonchev–Trinajstić information content (AvgIpc) is 3.10. The predicted octanol–water partition coefficient (Wildman–Crippen LogP) is 4.08. The Morgan fingerprint density at radius 1 is 1.20 bits per heavy atom. The standard InChI is InChI=1S/C20H20N2O3/c1-14-10-17(18-11-21-22(12-18)15(2)20(23)24)8-9-19(14)25-13-16-6-4-3-5-7-16/h3-12,15H,13H2,1-2H3,(H,23,24). The van der Waals surface area contributed by atoms with E-state index in [9.17, 15) is 4.79 Å². The van der Waals surface area contributed by atoms with E-state index in [2.05, 4.69) is 5.10 Å². The van der Waals surface area contributed by atoms with Crippen LogP contribution in [0.3, 0.4) is 0 Å². The molecule has 0 saturated carbocycles. The summed E-state index contributed by atoms with van der Waals surface area (Å²) in [5.41, 5.74) is 4.00. The number of ether oxygens (including phenoxy) is 1. The summed E-state index contributed by atoms with van der Waals surface area (Å²) < 4.78 is 7.34. The number of hydrogen-bond donors (Lipinski definition) is 1. The lowest BCUT2D eigenvalue weighted by atomic mass is 10.1. The van der Waals surface area contributed by atoms with Gasteiger partial charge in [0.1, 0.15) is 18.4 Å². The van der Waals surface area contributed by atoms with Crippen LogP contribution >= 0.6 is 0 Å². The largest absolute Gasteiger partial charge is 0.489 e. The summed E-state index contributed by atoms with van der Waals surface area (Å²) in [7, 11) is 0. The first kappa shape index (κ1) is 16.8. The van der Waals surface area contributed by atoms with E-state index in [-0.39, 0.29) is 0 Å². The van der Waals surface area contributed by atoms with Gasteiger partial charge in [0.2, 0.25) is 0 Å². The predicted molar refractivity (Wildman–Crippen MR) is 95.5 cm³/mol. The zero-order valence-corrected chi connectivity index (χ0v) is 14.2. The lowest BCUT2D eigenvalue weighted by Crippen LogP contribution is -2.15. The van der Waals surface area contributed by atoms with Crippen LogP contribution in [0.4, 0.5) is 0 Å². The summed E-state index contributed by atoms with van der Waals surface area (Å²) in [6.07, 6.45) is 3.43. The number of aryl methyl sites for hydroxylation is 1. The van der Waals surface area contributed by atoms with Gasteiger partial charge in [-0.2, -0.15) is 5.10 Å². The van der Waals surface area contributed by atoms with Crippen molar-refractivity contribution in [2.75, 3.05) is 0 Å². The number of benzene rings is 2. The first-order chi connectivity index (χ1) is 12.0. The molecule has 0 radical (unpaired) electrons. The normalized spacial score (nSPS) is 11.9. The lowest BCUT2D eigenvalue weighted by molar-refractivity contribution is -0.140. The van der Waals surface area contributed by atoms with E-state index in [1.807, 2.05) is 55.5 Å². The molecule has 3 rings (SSSR count). The third-order valence-electron chi connectivity index (χ3n) is 4.10. The summed E-state index contributed by atoms with van der Waals surface area (Å²) in [6, 6.07) is 15.2. The van der Waals surface area contributed by atoms with E-state index in [0.29, 0.717) is 6.61 Å². The molecule has 0 amide bonds. The molecule has 0 aliphatic heterocycles. The first-order valence-corrected chi connectivity index (χ1v) is 8.09. The van der Waals surface area contributed by atoms with Gasteiger partial charge >= 0.3 is 5.97 Å². The molecule has 1 unspecified atom stereocenters. The van der Waals surface area contributed by atoms with E-state index in [1.165, 1.54) is 4.68 Å². The Kier molecular flexibility index (Phi) is 4.84. The Labute approximate surface area is 146 Å². The number of aromatic nitrogens is 2. The van der Waals surface area contributed by atoms with Crippen LogP contribution in [0.2, 0.25) is 0 Å². The van der Waals surface area contributed by atoms with Crippen LogP contribution in [0.15, 0.2) is 60.9 Å². The molecule has 0 aliphatic carbocycles. The third-order valence-corrected chi connectivity index (χ3v) is 4.10. The van der Waals surface area contributed by atoms with Crippen molar-refractivity contribution >= 4 is 5.97 Å². The van der Waals surface area contributed by atoms with Gasteiger partial charge in [-0.1, -0.05) is 36.4 Å². The van der Waals surface area contributed by atoms with Crippen molar-refractivity contribution in [3.8, 4) is 16.9 Å². The molecular weight excluding hydrogens is 316 g/mol. The fraction of sp³-hybridized carbons (Fsp3) is 0.200. The summed E-state index contributed by atoms with van der Waals surface area (Å²) in [6.45, 7) is 4.12. The Bertz CT molecular complexity index is 872. The molecule has 25 heavy (non-hydrogen) atoms. The number of carboxylic acids is 1. The molecule has 0 aliphatic rings. The molecule has 1 N–H and O–H groups in total. The number of nitrogens with zero attached hydrogens (tertiary/aromatic N) is 2. The molecule has 0 fully saturated rings. The molecule has 0 bridgehead atoms. The van der Waals surface area contributed by atoms with Gasteiger partial charge in [0, 0.05) is 11.8 Å². The van der Waals surface area contributed by atoms with Gasteiger partial charge in [-0.3, -0.25) is 4.68 Å². The molecule has 0 saturated heterocycles. The highest BCUT2D eigenvalue weighted by atomic mass is 16.5. The number of carboxylic acid groups (broad SMARTS) is 1. The fourth-order valence-electron chi connectivity index (χ4n) is 2.54. The highest BCUT2D eigenvalue weighted by Crippen LogP contribution is 2.27. The summed E-state index contributed by atoms with van der Waals surface area (Å²) in [5, 5.41) is 13.2. The second-order valence-electron chi connectivity index (χ2n) is 5.98. The van der Waals surface area contributed by atoms with Crippen LogP contribution in [0.1, 0.15) is 24.1 Å². The van der Waals surface area contributed by atoms with Gasteiger partial charge in [-0.25, -0.2) is 4.79 Å². The van der Waals surface area contributed by atoms with Crippen molar-refractivity contribution in [2.45, 2.75) is 26.5 Å². The highest BCUT2D eigenvalue weighted by molar-refractivity contribution is 5.72. The minimum absolute atomic E-state index is 0.523. The molecule has 0 spiro atoms. The first-order valence-electron chi connectivity index (χ1n) is 8.09. The highest BCUT2D eigenvalue weighted by Gasteiger charge is 2.15.